The highest BCUT2D eigenvalue weighted by molar-refractivity contribution is 7.47. The number of carbonyl (C=O) groups excluding carboxylic acids is 1. The van der Waals surface area contributed by atoms with Crippen LogP contribution in [0.25, 0.3) is 0 Å². The Hall–Kier alpha value is -3.62. The molecule has 3 unspecified atom stereocenters. The molecule has 420 valence electrons. The summed E-state index contributed by atoms with van der Waals surface area (Å²) in [6.07, 6.45) is 84.0. The van der Waals surface area contributed by atoms with Gasteiger partial charge in [-0.05, 0) is 109 Å². The van der Waals surface area contributed by atoms with Gasteiger partial charge in [-0.1, -0.05) is 237 Å². The molecule has 0 aliphatic carbocycles. The largest absolute Gasteiger partial charge is 0.472 e. The Kier molecular flexibility index (Phi) is 51.5. The molecule has 0 aliphatic rings. The van der Waals surface area contributed by atoms with Crippen LogP contribution in [0.1, 0.15) is 206 Å². The predicted octanol–water partition coefficient (Wildman–Crippen LogP) is 18.1. The molecule has 9 heteroatoms. The second-order valence-corrected chi connectivity index (χ2v) is 21.7. The Balaban J connectivity index is 4.02. The third kappa shape index (κ3) is 56.1. The number of allylic oxidation sites excluding steroid dienone is 23. The summed E-state index contributed by atoms with van der Waals surface area (Å²) < 4.78 is 23.6. The first-order chi connectivity index (χ1) is 36.0. The molecule has 1 amide bonds. The lowest BCUT2D eigenvalue weighted by atomic mass is 10.0. The summed E-state index contributed by atoms with van der Waals surface area (Å²) in [6.45, 7) is 4.57. The molecule has 0 heterocycles. The minimum atomic E-state index is -4.36. The van der Waals surface area contributed by atoms with E-state index in [0.29, 0.717) is 17.4 Å². The maximum absolute atomic E-state index is 12.9. The summed E-state index contributed by atoms with van der Waals surface area (Å²) in [5, 5.41) is 13.8. The van der Waals surface area contributed by atoms with E-state index in [0.717, 1.165) is 109 Å². The van der Waals surface area contributed by atoms with E-state index in [1.807, 2.05) is 27.2 Å². The lowest BCUT2D eigenvalue weighted by molar-refractivity contribution is -0.870. The van der Waals surface area contributed by atoms with E-state index in [2.05, 4.69) is 153 Å². The van der Waals surface area contributed by atoms with Crippen LogP contribution in [0.4, 0.5) is 0 Å². The quantitative estimate of drug-likeness (QED) is 0.0243. The molecule has 3 N–H and O–H groups in total. The second-order valence-electron chi connectivity index (χ2n) is 20.3. The Morgan fingerprint density at radius 1 is 0.473 bits per heavy atom. The van der Waals surface area contributed by atoms with Gasteiger partial charge in [0, 0.05) is 6.42 Å². The fourth-order valence-corrected chi connectivity index (χ4v) is 8.22. The van der Waals surface area contributed by atoms with Crippen molar-refractivity contribution in [3.05, 3.63) is 146 Å². The normalized spacial score (nSPS) is 15.0. The first-order valence-corrected chi connectivity index (χ1v) is 30.7. The standard InChI is InChI=1S/C65H109N2O6P/c1-6-8-10-12-14-16-18-19-20-21-22-23-24-25-26-27-28-29-30-31-32-33-34-35-36-37-38-39-40-41-42-43-44-45-46-47-49-51-53-55-57-59-65(69)66-63(62-73-74(70,71)72-61-60-67(3,4)5)64(68)58-56-54-52-50-48-17-15-13-11-9-7-2/h8,10-11,13-14,16,19-20,22-23,25-26,28-29,31-32,34-35,37-38,48,50,56,58,63-64,68H,6-7,9,12,15,17-18,21,24,27,30,33,36,39-47,49,51-55,57,59-62H2,1-5H3,(H-,66,69,70,71)/p+1/b10-8-,13-11+,16-14-,20-19-,23-22-,26-25-,29-28-,32-31-,35-34-,38-37-,50-48+,58-56+. The summed E-state index contributed by atoms with van der Waals surface area (Å²) in [6, 6.07) is -0.878. The molecule has 0 bridgehead atoms. The summed E-state index contributed by atoms with van der Waals surface area (Å²) in [4.78, 5) is 23.2. The summed E-state index contributed by atoms with van der Waals surface area (Å²) >= 11 is 0. The van der Waals surface area contributed by atoms with Crippen LogP contribution in [0, 0.1) is 0 Å². The van der Waals surface area contributed by atoms with E-state index in [1.54, 1.807) is 6.08 Å². The molecule has 0 aromatic carbocycles. The number of nitrogens with zero attached hydrogens (tertiary/aromatic N) is 1. The third-order valence-corrected chi connectivity index (χ3v) is 13.0. The molecule has 0 rings (SSSR count). The van der Waals surface area contributed by atoms with Gasteiger partial charge in [0.05, 0.1) is 39.9 Å². The topological polar surface area (TPSA) is 105 Å². The maximum Gasteiger partial charge on any atom is 0.472 e. The van der Waals surface area contributed by atoms with E-state index >= 15 is 0 Å². The first kappa shape index (κ1) is 70.4. The molecule has 74 heavy (non-hydrogen) atoms. The van der Waals surface area contributed by atoms with E-state index < -0.39 is 20.0 Å². The number of carbonyl (C=O) groups is 1. The highest BCUT2D eigenvalue weighted by Crippen LogP contribution is 2.43. The third-order valence-electron chi connectivity index (χ3n) is 12.0. The summed E-state index contributed by atoms with van der Waals surface area (Å²) in [7, 11) is 1.53. The second kappa shape index (κ2) is 54.2. The number of hydrogen-bond acceptors (Lipinski definition) is 5. The average molecular weight is 1050 g/mol. The van der Waals surface area contributed by atoms with E-state index in [9.17, 15) is 19.4 Å². The van der Waals surface area contributed by atoms with Gasteiger partial charge in [-0.15, -0.1) is 0 Å². The summed E-state index contributed by atoms with van der Waals surface area (Å²) in [5.41, 5.74) is 0. The zero-order valence-electron chi connectivity index (χ0n) is 47.8. The van der Waals surface area contributed by atoms with Crippen LogP contribution in [0.15, 0.2) is 146 Å². The molecular weight excluding hydrogens is 936 g/mol. The number of likely N-dealkylation sites (N-methyl/N-ethyl adjacent to an activating group) is 1. The highest BCUT2D eigenvalue weighted by Gasteiger charge is 2.27. The Morgan fingerprint density at radius 3 is 1.23 bits per heavy atom. The molecule has 0 radical (unpaired) electrons. The van der Waals surface area contributed by atoms with Crippen molar-refractivity contribution in [1.29, 1.82) is 0 Å². The molecule has 0 aromatic rings. The van der Waals surface area contributed by atoms with Crippen molar-refractivity contribution in [2.24, 2.45) is 0 Å². The van der Waals surface area contributed by atoms with Crippen molar-refractivity contribution < 1.29 is 32.9 Å². The van der Waals surface area contributed by atoms with Crippen LogP contribution >= 0.6 is 7.82 Å². The molecule has 0 saturated heterocycles. The van der Waals surface area contributed by atoms with Gasteiger partial charge in [-0.25, -0.2) is 4.57 Å². The van der Waals surface area contributed by atoms with Crippen molar-refractivity contribution >= 4 is 13.7 Å². The molecule has 8 nitrogen and oxygen atoms in total. The smallest absolute Gasteiger partial charge is 0.387 e. The number of amides is 1. The number of nitrogens with one attached hydrogen (secondary N) is 1. The van der Waals surface area contributed by atoms with E-state index in [-0.39, 0.29) is 19.1 Å². The number of phosphoric acid groups is 1. The van der Waals surface area contributed by atoms with Crippen molar-refractivity contribution in [3.8, 4) is 0 Å². The van der Waals surface area contributed by atoms with Gasteiger partial charge in [0.1, 0.15) is 13.2 Å². The number of hydrogen-bond donors (Lipinski definition) is 3. The van der Waals surface area contributed by atoms with E-state index in [1.165, 1.54) is 77.0 Å². The predicted molar refractivity (Wildman–Crippen MR) is 322 cm³/mol. The minimum Gasteiger partial charge on any atom is -0.387 e. The van der Waals surface area contributed by atoms with Crippen molar-refractivity contribution in [1.82, 2.24) is 5.32 Å². The van der Waals surface area contributed by atoms with Crippen molar-refractivity contribution in [2.45, 2.75) is 219 Å². The molecule has 0 saturated carbocycles. The van der Waals surface area contributed by atoms with Gasteiger partial charge < -0.3 is 19.8 Å². The Labute approximate surface area is 455 Å². The van der Waals surface area contributed by atoms with Crippen LogP contribution < -0.4 is 5.32 Å². The van der Waals surface area contributed by atoms with Crippen molar-refractivity contribution in [2.75, 3.05) is 40.9 Å². The number of aliphatic hydroxyl groups excluding tert-OH is 1. The van der Waals surface area contributed by atoms with Crippen LogP contribution in [0.5, 0.6) is 0 Å². The molecule has 0 aliphatic heterocycles. The fraction of sp³-hybridized carbons (Fsp3) is 0.615. The van der Waals surface area contributed by atoms with Gasteiger partial charge >= 0.3 is 7.82 Å². The maximum atomic E-state index is 12.9. The highest BCUT2D eigenvalue weighted by atomic mass is 31.2. The Morgan fingerprint density at radius 2 is 0.824 bits per heavy atom. The lowest BCUT2D eigenvalue weighted by Crippen LogP contribution is -2.45. The minimum absolute atomic E-state index is 0.0469. The van der Waals surface area contributed by atoms with Crippen LogP contribution in [-0.4, -0.2) is 73.4 Å². The zero-order valence-corrected chi connectivity index (χ0v) is 48.7. The van der Waals surface area contributed by atoms with Gasteiger partial charge in [0.25, 0.3) is 0 Å². The molecule has 0 aromatic heterocycles. The Bertz CT molecular complexity index is 1710. The van der Waals surface area contributed by atoms with Gasteiger partial charge in [0.15, 0.2) is 0 Å². The molecule has 3 atom stereocenters. The number of quaternary nitrogens is 1. The van der Waals surface area contributed by atoms with Gasteiger partial charge in [-0.3, -0.25) is 13.8 Å². The fourth-order valence-electron chi connectivity index (χ4n) is 7.48. The van der Waals surface area contributed by atoms with Crippen LogP contribution in [0.3, 0.4) is 0 Å². The number of rotatable bonds is 51. The van der Waals surface area contributed by atoms with Crippen LogP contribution in [-0.2, 0) is 18.4 Å². The van der Waals surface area contributed by atoms with Crippen LogP contribution in [0.2, 0.25) is 0 Å². The summed E-state index contributed by atoms with van der Waals surface area (Å²) in [5.74, 6) is -0.201. The average Bonchev–Trinajstić information content (AvgIpc) is 3.36. The first-order valence-electron chi connectivity index (χ1n) is 29.2. The molecule has 0 spiro atoms. The SMILES string of the molecule is CC/C=C\C/C=C\C/C=C\C/C=C\C/C=C\C/C=C\C/C=C\C/C=C\C/C=C\CCCCCCCCCCCCCCCC(=O)NC(COP(=O)(O)OCC[N+](C)(C)C)C(O)/C=C/CC/C=C/CC/C=C/CCC. The zero-order chi connectivity index (χ0) is 54.2. The van der Waals surface area contributed by atoms with Crippen molar-refractivity contribution in [3.63, 3.8) is 0 Å². The number of unbranched alkanes of at least 4 members (excludes halogenated alkanes) is 16. The number of aliphatic hydroxyl groups is 1. The number of phosphoric ester groups is 1. The van der Waals surface area contributed by atoms with Gasteiger partial charge in [-0.2, -0.15) is 0 Å². The monoisotopic (exact) mass is 1050 g/mol. The van der Waals surface area contributed by atoms with E-state index in [4.69, 9.17) is 9.05 Å². The lowest BCUT2D eigenvalue weighted by Gasteiger charge is -2.25. The molecule has 0 fully saturated rings. The molecular formula is C65H110N2O6P+. The van der Waals surface area contributed by atoms with Gasteiger partial charge in [0.2, 0.25) is 5.91 Å².